The Morgan fingerprint density at radius 3 is 2.71 bits per heavy atom. The van der Waals surface area contributed by atoms with Crippen LogP contribution in [0.4, 0.5) is 0 Å². The van der Waals surface area contributed by atoms with Crippen molar-refractivity contribution in [2.75, 3.05) is 13.6 Å². The Balaban J connectivity index is 1.53. The van der Waals surface area contributed by atoms with E-state index in [1.807, 2.05) is 36.6 Å². The molecule has 0 saturated carbocycles. The highest BCUT2D eigenvalue weighted by molar-refractivity contribution is 6.32. The van der Waals surface area contributed by atoms with Gasteiger partial charge >= 0.3 is 0 Å². The molecule has 2 bridgehead atoms. The number of hydrogen-bond donors (Lipinski definition) is 1. The molecule has 1 amide bonds. The van der Waals surface area contributed by atoms with Gasteiger partial charge in [-0.25, -0.2) is 15.0 Å². The van der Waals surface area contributed by atoms with Crippen molar-refractivity contribution in [3.05, 3.63) is 76.6 Å². The molecule has 0 fully saturated rings. The molecule has 4 aromatic rings. The maximum atomic E-state index is 13.5. The topological polar surface area (TPSA) is 84.1 Å². The SMILES string of the molecule is [2H]C([2H])([2H])N1C(=O)c2cccc(Cl)c2[C@H]2C[C@@H]1c1nc3ccc(-c4cnc(C(C)(C)CO)nc4)cc3n12. The van der Waals surface area contributed by atoms with Crippen molar-refractivity contribution in [3.8, 4) is 11.1 Å². The van der Waals surface area contributed by atoms with Gasteiger partial charge < -0.3 is 14.6 Å². The van der Waals surface area contributed by atoms with Gasteiger partial charge in [-0.05, 0) is 29.8 Å². The van der Waals surface area contributed by atoms with Gasteiger partial charge in [0.1, 0.15) is 11.6 Å². The first-order valence-corrected chi connectivity index (χ1v) is 11.5. The van der Waals surface area contributed by atoms with Gasteiger partial charge in [-0.2, -0.15) is 0 Å². The maximum Gasteiger partial charge on any atom is 0.254 e. The number of aromatic nitrogens is 4. The molecule has 0 aliphatic carbocycles. The van der Waals surface area contributed by atoms with Crippen molar-refractivity contribution >= 4 is 28.5 Å². The second kappa shape index (κ2) is 7.35. The summed E-state index contributed by atoms with van der Waals surface area (Å²) in [6, 6.07) is 9.75. The van der Waals surface area contributed by atoms with Crippen LogP contribution >= 0.6 is 11.6 Å². The van der Waals surface area contributed by atoms with Crippen LogP contribution in [0.2, 0.25) is 5.02 Å². The second-order valence-electron chi connectivity index (χ2n) is 9.52. The molecule has 2 aliphatic heterocycles. The van der Waals surface area contributed by atoms with Gasteiger partial charge in [-0.3, -0.25) is 4.79 Å². The van der Waals surface area contributed by atoms with E-state index in [0.29, 0.717) is 39.7 Å². The second-order valence-corrected chi connectivity index (χ2v) is 9.93. The lowest BCUT2D eigenvalue weighted by molar-refractivity contribution is 0.0734. The molecule has 2 aromatic heterocycles. The Hall–Kier alpha value is -3.29. The van der Waals surface area contributed by atoms with E-state index >= 15 is 0 Å². The molecule has 0 unspecified atom stereocenters. The zero-order chi connectivity index (χ0) is 26.3. The number of nitrogens with zero attached hydrogens (tertiary/aromatic N) is 5. The van der Waals surface area contributed by atoms with Gasteiger partial charge in [0.25, 0.3) is 5.91 Å². The molecule has 2 atom stereocenters. The van der Waals surface area contributed by atoms with E-state index in [2.05, 4.69) is 9.97 Å². The van der Waals surface area contributed by atoms with E-state index in [0.717, 1.165) is 21.5 Å². The molecule has 0 radical (unpaired) electrons. The summed E-state index contributed by atoms with van der Waals surface area (Å²) in [5.74, 6) is 0.520. The third kappa shape index (κ3) is 2.93. The number of imidazole rings is 1. The number of rotatable bonds is 3. The summed E-state index contributed by atoms with van der Waals surface area (Å²) in [7, 11) is 0. The summed E-state index contributed by atoms with van der Waals surface area (Å²) in [4.78, 5) is 28.2. The van der Waals surface area contributed by atoms with Gasteiger partial charge in [0.15, 0.2) is 0 Å². The van der Waals surface area contributed by atoms with Crippen LogP contribution in [0.3, 0.4) is 0 Å². The predicted octanol–water partition coefficient (Wildman–Crippen LogP) is 4.54. The number of hydrogen-bond acceptors (Lipinski definition) is 5. The van der Waals surface area contributed by atoms with Crippen LogP contribution < -0.4 is 0 Å². The molecular formula is C26H24ClN5O2. The minimum absolute atomic E-state index is 0.0668. The number of carbonyl (C=O) groups is 1. The van der Waals surface area contributed by atoms with Gasteiger partial charge in [0.05, 0.1) is 29.7 Å². The summed E-state index contributed by atoms with van der Waals surface area (Å²) in [6.07, 6.45) is 3.83. The fourth-order valence-electron chi connectivity index (χ4n) is 4.97. The summed E-state index contributed by atoms with van der Waals surface area (Å²) < 4.78 is 26.4. The molecule has 1 N–H and O–H groups in total. The number of carbonyl (C=O) groups excluding carboxylic acids is 1. The van der Waals surface area contributed by atoms with Crippen LogP contribution in [0.1, 0.15) is 64.0 Å². The summed E-state index contributed by atoms with van der Waals surface area (Å²) in [6.45, 7) is 1.04. The first-order valence-electron chi connectivity index (χ1n) is 12.6. The van der Waals surface area contributed by atoms with Crippen LogP contribution in [0, 0.1) is 0 Å². The average molecular weight is 477 g/mol. The number of benzene rings is 2. The monoisotopic (exact) mass is 476 g/mol. The first kappa shape index (κ1) is 18.1. The van der Waals surface area contributed by atoms with Crippen LogP contribution in [-0.2, 0) is 5.41 Å². The Morgan fingerprint density at radius 1 is 1.18 bits per heavy atom. The lowest BCUT2D eigenvalue weighted by Gasteiger charge is -2.24. The van der Waals surface area contributed by atoms with Crippen LogP contribution in [-0.4, -0.2) is 49.0 Å². The standard InChI is InChI=1S/C26H24ClN5O2/c1-26(2,13-33)25-28-11-15(12-29-25)14-7-8-18-19(9-14)32-20-10-21(23(32)30-18)31(3)24(34)16-5-4-6-17(27)22(16)20/h4-9,11-12,20-21,33H,10,13H2,1-3H3/t20-,21-/m1/s1/i3D3. The van der Waals surface area contributed by atoms with Gasteiger partial charge in [0.2, 0.25) is 0 Å². The van der Waals surface area contributed by atoms with Crippen molar-refractivity contribution in [3.63, 3.8) is 0 Å². The molecule has 7 nitrogen and oxygen atoms in total. The van der Waals surface area contributed by atoms with E-state index < -0.39 is 24.3 Å². The molecule has 0 saturated heterocycles. The molecule has 172 valence electrons. The zero-order valence-corrected chi connectivity index (χ0v) is 19.4. The smallest absolute Gasteiger partial charge is 0.254 e. The Kier molecular flexibility index (Phi) is 3.91. The summed E-state index contributed by atoms with van der Waals surface area (Å²) >= 11 is 6.63. The van der Waals surface area contributed by atoms with Crippen molar-refractivity contribution in [2.24, 2.45) is 0 Å². The summed E-state index contributed by atoms with van der Waals surface area (Å²) in [5.41, 5.74) is 3.54. The highest BCUT2D eigenvalue weighted by Gasteiger charge is 2.44. The number of halogens is 1. The van der Waals surface area contributed by atoms with Crippen molar-refractivity contribution < 1.29 is 14.0 Å². The number of aliphatic hydroxyl groups is 1. The number of aliphatic hydroxyl groups excluding tert-OH is 1. The lowest BCUT2D eigenvalue weighted by Crippen LogP contribution is -2.30. The highest BCUT2D eigenvalue weighted by atomic mass is 35.5. The molecule has 0 spiro atoms. The molecule has 6 rings (SSSR count). The van der Waals surface area contributed by atoms with Crippen LogP contribution in [0.5, 0.6) is 0 Å². The quantitative estimate of drug-likeness (QED) is 0.469. The van der Waals surface area contributed by atoms with E-state index in [9.17, 15) is 9.90 Å². The normalized spacial score (nSPS) is 21.0. The van der Waals surface area contributed by atoms with E-state index in [4.69, 9.17) is 20.7 Å². The highest BCUT2D eigenvalue weighted by Crippen LogP contribution is 2.49. The predicted molar refractivity (Wildman–Crippen MR) is 130 cm³/mol. The molecule has 8 heteroatoms. The largest absolute Gasteiger partial charge is 0.395 e. The lowest BCUT2D eigenvalue weighted by atomic mass is 9.93. The minimum Gasteiger partial charge on any atom is -0.395 e. The van der Waals surface area contributed by atoms with Crippen molar-refractivity contribution in [1.29, 1.82) is 0 Å². The molecule has 2 aliphatic rings. The van der Waals surface area contributed by atoms with E-state index in [1.165, 1.54) is 0 Å². The molecular weight excluding hydrogens is 450 g/mol. The Labute approximate surface area is 206 Å². The third-order valence-electron chi connectivity index (χ3n) is 6.91. The molecule has 34 heavy (non-hydrogen) atoms. The van der Waals surface area contributed by atoms with Crippen LogP contribution in [0.25, 0.3) is 22.2 Å². The van der Waals surface area contributed by atoms with Crippen LogP contribution in [0.15, 0.2) is 48.8 Å². The van der Waals surface area contributed by atoms with Crippen molar-refractivity contribution in [1.82, 2.24) is 24.4 Å². The van der Waals surface area contributed by atoms with Gasteiger partial charge in [-0.15, -0.1) is 0 Å². The van der Waals surface area contributed by atoms with Gasteiger partial charge in [0, 0.05) is 57.0 Å². The third-order valence-corrected chi connectivity index (χ3v) is 7.24. The summed E-state index contributed by atoms with van der Waals surface area (Å²) in [5, 5.41) is 10.0. The number of fused-ring (bicyclic) bond motifs is 9. The van der Waals surface area contributed by atoms with Gasteiger partial charge in [-0.1, -0.05) is 37.6 Å². The molecule has 2 aromatic carbocycles. The molecule has 4 heterocycles. The van der Waals surface area contributed by atoms with E-state index in [-0.39, 0.29) is 12.6 Å². The zero-order valence-electron chi connectivity index (χ0n) is 21.7. The van der Waals surface area contributed by atoms with Crippen molar-refractivity contribution in [2.45, 2.75) is 37.8 Å². The fourth-order valence-corrected chi connectivity index (χ4v) is 5.28. The average Bonchev–Trinajstić information content (AvgIpc) is 3.36. The number of amides is 1. The minimum atomic E-state index is -2.64. The first-order chi connectivity index (χ1) is 17.5. The van der Waals surface area contributed by atoms with E-state index in [1.54, 1.807) is 30.6 Å². The fraction of sp³-hybridized carbons (Fsp3) is 0.308. The Morgan fingerprint density at radius 2 is 1.97 bits per heavy atom. The maximum absolute atomic E-state index is 13.5. The Bertz CT molecular complexity index is 1570.